The van der Waals surface area contributed by atoms with Crippen LogP contribution in [-0.4, -0.2) is 59.1 Å². The Balaban J connectivity index is 2.13. The lowest BCUT2D eigenvalue weighted by atomic mass is 10.0. The minimum atomic E-state index is -0.0868. The molecule has 1 saturated carbocycles. The van der Waals surface area contributed by atoms with Crippen LogP contribution in [0.3, 0.4) is 0 Å². The Kier molecular flexibility index (Phi) is 2.98. The molecule has 4 heteroatoms. The summed E-state index contributed by atoms with van der Waals surface area (Å²) in [6, 6.07) is 0.933. The Hall–Kier alpha value is -0.610. The molecule has 0 aromatic heterocycles. The maximum Gasteiger partial charge on any atom is 0.239 e. The van der Waals surface area contributed by atoms with Crippen LogP contribution in [0.4, 0.5) is 0 Å². The third-order valence-electron chi connectivity index (χ3n) is 3.44. The highest BCUT2D eigenvalue weighted by Gasteiger charge is 2.43. The molecule has 0 bridgehead atoms. The van der Waals surface area contributed by atoms with Crippen LogP contribution in [-0.2, 0) is 4.79 Å². The lowest BCUT2D eigenvalue weighted by Gasteiger charge is -2.43. The lowest BCUT2D eigenvalue weighted by molar-refractivity contribution is -0.144. The number of aliphatic hydroxyl groups excluding tert-OH is 1. The Morgan fingerprint density at radius 2 is 2.13 bits per heavy atom. The third kappa shape index (κ3) is 2.01. The van der Waals surface area contributed by atoms with E-state index in [2.05, 4.69) is 11.8 Å². The molecule has 4 nitrogen and oxygen atoms in total. The first-order valence-electron chi connectivity index (χ1n) is 5.78. The van der Waals surface area contributed by atoms with Crippen LogP contribution in [0.2, 0.25) is 0 Å². The Morgan fingerprint density at radius 3 is 2.67 bits per heavy atom. The molecule has 0 aromatic rings. The fourth-order valence-electron chi connectivity index (χ4n) is 2.65. The van der Waals surface area contributed by atoms with Crippen molar-refractivity contribution in [2.75, 3.05) is 20.2 Å². The lowest BCUT2D eigenvalue weighted by Crippen LogP contribution is -2.60. The normalized spacial score (nSPS) is 33.5. The Labute approximate surface area is 90.9 Å². The van der Waals surface area contributed by atoms with E-state index in [0.717, 1.165) is 6.54 Å². The molecule has 1 aliphatic carbocycles. The summed E-state index contributed by atoms with van der Waals surface area (Å²) in [5.41, 5.74) is 0. The first kappa shape index (κ1) is 10.9. The summed E-state index contributed by atoms with van der Waals surface area (Å²) in [7, 11) is 1.85. The van der Waals surface area contributed by atoms with Gasteiger partial charge in [0.15, 0.2) is 0 Å². The second-order valence-electron chi connectivity index (χ2n) is 4.77. The maximum atomic E-state index is 12.0. The van der Waals surface area contributed by atoms with E-state index in [1.54, 1.807) is 4.90 Å². The highest BCUT2D eigenvalue weighted by atomic mass is 16.3. The monoisotopic (exact) mass is 212 g/mol. The zero-order valence-corrected chi connectivity index (χ0v) is 9.52. The van der Waals surface area contributed by atoms with E-state index >= 15 is 0 Å². The standard InChI is InChI=1S/C11H20N2O2/c1-8-7-12(2)11(15)10(5-6-14)13(8)9-3-4-9/h8-10,14H,3-7H2,1-2H3. The first-order valence-corrected chi connectivity index (χ1v) is 5.78. The summed E-state index contributed by atoms with van der Waals surface area (Å²) in [6.07, 6.45) is 3.00. The van der Waals surface area contributed by atoms with Crippen molar-refractivity contribution in [3.05, 3.63) is 0 Å². The van der Waals surface area contributed by atoms with Crippen LogP contribution in [0, 0.1) is 0 Å². The fraction of sp³-hybridized carbons (Fsp3) is 0.909. The fourth-order valence-corrected chi connectivity index (χ4v) is 2.65. The molecular weight excluding hydrogens is 192 g/mol. The van der Waals surface area contributed by atoms with E-state index in [4.69, 9.17) is 5.11 Å². The van der Waals surface area contributed by atoms with Gasteiger partial charge in [-0.15, -0.1) is 0 Å². The quantitative estimate of drug-likeness (QED) is 0.719. The number of hydrogen-bond donors (Lipinski definition) is 1. The van der Waals surface area contributed by atoms with E-state index in [0.29, 0.717) is 18.5 Å². The zero-order valence-electron chi connectivity index (χ0n) is 9.52. The number of carbonyl (C=O) groups excluding carboxylic acids is 1. The molecule has 1 saturated heterocycles. The van der Waals surface area contributed by atoms with Crippen molar-refractivity contribution in [2.24, 2.45) is 0 Å². The second kappa shape index (κ2) is 4.10. The number of nitrogens with zero attached hydrogens (tertiary/aromatic N) is 2. The van der Waals surface area contributed by atoms with Gasteiger partial charge in [-0.2, -0.15) is 0 Å². The summed E-state index contributed by atoms with van der Waals surface area (Å²) >= 11 is 0. The second-order valence-corrected chi connectivity index (χ2v) is 4.77. The van der Waals surface area contributed by atoms with Crippen LogP contribution in [0.5, 0.6) is 0 Å². The highest BCUT2D eigenvalue weighted by Crippen LogP contribution is 2.33. The number of amides is 1. The summed E-state index contributed by atoms with van der Waals surface area (Å²) in [6.45, 7) is 3.09. The Bertz CT molecular complexity index is 253. The average molecular weight is 212 g/mol. The molecule has 0 spiro atoms. The molecule has 2 atom stereocenters. The average Bonchev–Trinajstić information content (AvgIpc) is 2.98. The largest absolute Gasteiger partial charge is 0.396 e. The number of likely N-dealkylation sites (N-methyl/N-ethyl adjacent to an activating group) is 1. The van der Waals surface area contributed by atoms with E-state index in [1.807, 2.05) is 7.05 Å². The Morgan fingerprint density at radius 1 is 1.47 bits per heavy atom. The van der Waals surface area contributed by atoms with Gasteiger partial charge in [0.2, 0.25) is 5.91 Å². The van der Waals surface area contributed by atoms with Gasteiger partial charge >= 0.3 is 0 Å². The van der Waals surface area contributed by atoms with E-state index in [-0.39, 0.29) is 18.6 Å². The smallest absolute Gasteiger partial charge is 0.239 e. The number of hydrogen-bond acceptors (Lipinski definition) is 3. The van der Waals surface area contributed by atoms with Gasteiger partial charge in [-0.05, 0) is 26.2 Å². The summed E-state index contributed by atoms with van der Waals surface area (Å²) < 4.78 is 0. The van der Waals surface area contributed by atoms with Gasteiger partial charge in [0, 0.05) is 32.3 Å². The van der Waals surface area contributed by atoms with Crippen LogP contribution in [0.25, 0.3) is 0 Å². The summed E-state index contributed by atoms with van der Waals surface area (Å²) in [5, 5.41) is 9.03. The van der Waals surface area contributed by atoms with Gasteiger partial charge in [-0.1, -0.05) is 0 Å². The van der Waals surface area contributed by atoms with Crippen LogP contribution >= 0.6 is 0 Å². The number of piperazine rings is 1. The van der Waals surface area contributed by atoms with Crippen molar-refractivity contribution in [1.29, 1.82) is 0 Å². The highest BCUT2D eigenvalue weighted by molar-refractivity contribution is 5.82. The van der Waals surface area contributed by atoms with Gasteiger partial charge < -0.3 is 10.0 Å². The predicted octanol–water partition coefficient (Wildman–Crippen LogP) is 0.0623. The predicted molar refractivity (Wildman–Crippen MR) is 57.5 cm³/mol. The molecule has 1 amide bonds. The van der Waals surface area contributed by atoms with Crippen LogP contribution in [0.15, 0.2) is 0 Å². The van der Waals surface area contributed by atoms with Crippen molar-refractivity contribution < 1.29 is 9.90 Å². The minimum Gasteiger partial charge on any atom is -0.396 e. The van der Waals surface area contributed by atoms with Crippen molar-refractivity contribution >= 4 is 5.91 Å². The molecule has 0 radical (unpaired) electrons. The van der Waals surface area contributed by atoms with E-state index in [9.17, 15) is 4.79 Å². The van der Waals surface area contributed by atoms with Crippen molar-refractivity contribution in [2.45, 2.75) is 44.3 Å². The van der Waals surface area contributed by atoms with Crippen LogP contribution < -0.4 is 0 Å². The molecule has 1 aliphatic heterocycles. The molecule has 2 aliphatic rings. The molecule has 1 heterocycles. The molecular formula is C11H20N2O2. The number of rotatable bonds is 3. The zero-order chi connectivity index (χ0) is 11.0. The van der Waals surface area contributed by atoms with Crippen LogP contribution in [0.1, 0.15) is 26.2 Å². The van der Waals surface area contributed by atoms with Crippen molar-refractivity contribution in [1.82, 2.24) is 9.80 Å². The maximum absolute atomic E-state index is 12.0. The van der Waals surface area contributed by atoms with Crippen molar-refractivity contribution in [3.63, 3.8) is 0 Å². The molecule has 0 aromatic carbocycles. The van der Waals surface area contributed by atoms with Gasteiger partial charge in [0.25, 0.3) is 0 Å². The third-order valence-corrected chi connectivity index (χ3v) is 3.44. The summed E-state index contributed by atoms with van der Waals surface area (Å²) in [4.78, 5) is 16.1. The molecule has 2 unspecified atom stereocenters. The molecule has 2 rings (SSSR count). The van der Waals surface area contributed by atoms with Gasteiger partial charge in [-0.3, -0.25) is 9.69 Å². The molecule has 15 heavy (non-hydrogen) atoms. The SMILES string of the molecule is CC1CN(C)C(=O)C(CCO)N1C1CC1. The van der Waals surface area contributed by atoms with Gasteiger partial charge in [0.1, 0.15) is 0 Å². The molecule has 2 fully saturated rings. The van der Waals surface area contributed by atoms with Gasteiger partial charge in [-0.25, -0.2) is 0 Å². The minimum absolute atomic E-state index is 0.0868. The first-order chi connectivity index (χ1) is 7.15. The van der Waals surface area contributed by atoms with Gasteiger partial charge in [0.05, 0.1) is 6.04 Å². The molecule has 86 valence electrons. The topological polar surface area (TPSA) is 43.8 Å². The molecule has 1 N–H and O–H groups in total. The summed E-state index contributed by atoms with van der Waals surface area (Å²) in [5.74, 6) is 0.175. The number of carbonyl (C=O) groups is 1. The number of aliphatic hydroxyl groups is 1. The van der Waals surface area contributed by atoms with Crippen molar-refractivity contribution in [3.8, 4) is 0 Å². The van der Waals surface area contributed by atoms with E-state index in [1.165, 1.54) is 12.8 Å². The van der Waals surface area contributed by atoms with E-state index < -0.39 is 0 Å².